The van der Waals surface area contributed by atoms with Gasteiger partial charge in [0.25, 0.3) is 0 Å². The summed E-state index contributed by atoms with van der Waals surface area (Å²) >= 11 is 0. The van der Waals surface area contributed by atoms with Crippen LogP contribution in [-0.4, -0.2) is 15.9 Å². The van der Waals surface area contributed by atoms with Crippen LogP contribution in [0.1, 0.15) is 11.4 Å². The largest absolute Gasteiger partial charge is 0.350 e. The first kappa shape index (κ1) is 13.2. The molecule has 21 heavy (non-hydrogen) atoms. The molecule has 0 aliphatic carbocycles. The monoisotopic (exact) mass is 277 g/mol. The molecule has 0 aliphatic heterocycles. The van der Waals surface area contributed by atoms with E-state index in [4.69, 9.17) is 0 Å². The molecule has 4 heteroatoms. The number of benzene rings is 1. The van der Waals surface area contributed by atoms with Crippen LogP contribution in [0, 0.1) is 0 Å². The molecule has 0 atom stereocenters. The van der Waals surface area contributed by atoms with E-state index in [-0.39, 0.29) is 12.3 Å². The summed E-state index contributed by atoms with van der Waals surface area (Å²) < 4.78 is 0. The summed E-state index contributed by atoms with van der Waals surface area (Å²) in [6.07, 6.45) is 1.99. The minimum Gasteiger partial charge on any atom is -0.350 e. The van der Waals surface area contributed by atoms with Crippen molar-refractivity contribution in [3.8, 4) is 0 Å². The fraction of sp³-hybridized carbons (Fsp3) is 0.118. The summed E-state index contributed by atoms with van der Waals surface area (Å²) in [5.74, 6) is -0.0524. The maximum atomic E-state index is 11.9. The molecule has 1 aromatic carbocycles. The molecule has 104 valence electrons. The average Bonchev–Trinajstić information content (AvgIpc) is 2.54. The first-order valence-corrected chi connectivity index (χ1v) is 6.82. The van der Waals surface area contributed by atoms with E-state index in [1.807, 2.05) is 54.6 Å². The van der Waals surface area contributed by atoms with Gasteiger partial charge >= 0.3 is 0 Å². The summed E-state index contributed by atoms with van der Waals surface area (Å²) in [5, 5.41) is 3.93. The van der Waals surface area contributed by atoms with Crippen LogP contribution in [0.15, 0.2) is 60.8 Å². The number of hydrogen-bond donors (Lipinski definition) is 1. The predicted molar refractivity (Wildman–Crippen MR) is 81.5 cm³/mol. The topological polar surface area (TPSA) is 54.9 Å². The van der Waals surface area contributed by atoms with Crippen molar-refractivity contribution in [3.63, 3.8) is 0 Å². The van der Waals surface area contributed by atoms with Gasteiger partial charge in [-0.2, -0.15) is 0 Å². The number of pyridine rings is 2. The van der Waals surface area contributed by atoms with Gasteiger partial charge in [0.05, 0.1) is 29.9 Å². The van der Waals surface area contributed by atoms with Crippen LogP contribution in [0.3, 0.4) is 0 Å². The molecule has 0 bridgehead atoms. The van der Waals surface area contributed by atoms with Crippen molar-refractivity contribution in [1.82, 2.24) is 15.3 Å². The van der Waals surface area contributed by atoms with E-state index in [1.165, 1.54) is 0 Å². The Bertz CT molecular complexity index is 756. The zero-order valence-electron chi connectivity index (χ0n) is 11.5. The lowest BCUT2D eigenvalue weighted by Gasteiger charge is -2.05. The Morgan fingerprint density at radius 3 is 2.67 bits per heavy atom. The van der Waals surface area contributed by atoms with E-state index >= 15 is 0 Å². The molecule has 2 aromatic heterocycles. The summed E-state index contributed by atoms with van der Waals surface area (Å²) in [6, 6.07) is 17.4. The van der Waals surface area contributed by atoms with E-state index in [0.29, 0.717) is 6.54 Å². The third-order valence-corrected chi connectivity index (χ3v) is 3.19. The molecule has 3 aromatic rings. The van der Waals surface area contributed by atoms with E-state index in [2.05, 4.69) is 15.3 Å². The maximum absolute atomic E-state index is 11.9. The lowest BCUT2D eigenvalue weighted by molar-refractivity contribution is -0.120. The second-order valence-electron chi connectivity index (χ2n) is 4.77. The molecule has 0 spiro atoms. The number of aromatic nitrogens is 2. The van der Waals surface area contributed by atoms with Crippen molar-refractivity contribution in [2.45, 2.75) is 13.0 Å². The van der Waals surface area contributed by atoms with Crippen LogP contribution < -0.4 is 5.32 Å². The lowest BCUT2D eigenvalue weighted by Crippen LogP contribution is -2.25. The fourth-order valence-electron chi connectivity index (χ4n) is 2.13. The Labute approximate surface area is 122 Å². The number of carbonyl (C=O) groups excluding carboxylic acids is 1. The highest BCUT2D eigenvalue weighted by atomic mass is 16.1. The number of carbonyl (C=O) groups is 1. The Balaban J connectivity index is 1.63. The van der Waals surface area contributed by atoms with Gasteiger partial charge in [0, 0.05) is 11.6 Å². The molecule has 4 nitrogen and oxygen atoms in total. The molecule has 2 heterocycles. The zero-order chi connectivity index (χ0) is 14.5. The van der Waals surface area contributed by atoms with Crippen LogP contribution in [0.4, 0.5) is 0 Å². The van der Waals surface area contributed by atoms with E-state index in [1.54, 1.807) is 6.20 Å². The molecule has 0 radical (unpaired) electrons. The highest BCUT2D eigenvalue weighted by Crippen LogP contribution is 2.12. The van der Waals surface area contributed by atoms with Gasteiger partial charge in [-0.1, -0.05) is 30.3 Å². The van der Waals surface area contributed by atoms with Gasteiger partial charge < -0.3 is 5.32 Å². The second kappa shape index (κ2) is 6.13. The van der Waals surface area contributed by atoms with Crippen molar-refractivity contribution in [3.05, 3.63) is 72.2 Å². The molecule has 0 saturated heterocycles. The van der Waals surface area contributed by atoms with E-state index in [9.17, 15) is 4.79 Å². The van der Waals surface area contributed by atoms with Gasteiger partial charge in [0.2, 0.25) is 5.91 Å². The van der Waals surface area contributed by atoms with Crippen LogP contribution >= 0.6 is 0 Å². The Morgan fingerprint density at radius 2 is 1.81 bits per heavy atom. The fourth-order valence-corrected chi connectivity index (χ4v) is 2.13. The summed E-state index contributed by atoms with van der Waals surface area (Å²) in [5.41, 5.74) is 2.53. The molecule has 0 fully saturated rings. The smallest absolute Gasteiger partial charge is 0.226 e. The normalized spacial score (nSPS) is 10.5. The van der Waals surface area contributed by atoms with Gasteiger partial charge in [-0.05, 0) is 24.3 Å². The quantitative estimate of drug-likeness (QED) is 0.797. The van der Waals surface area contributed by atoms with Crippen molar-refractivity contribution in [2.24, 2.45) is 0 Å². The molecule has 0 saturated carbocycles. The minimum atomic E-state index is -0.0524. The highest BCUT2D eigenvalue weighted by molar-refractivity contribution is 5.81. The molecule has 0 unspecified atom stereocenters. The van der Waals surface area contributed by atoms with E-state index in [0.717, 1.165) is 22.3 Å². The zero-order valence-corrected chi connectivity index (χ0v) is 11.5. The van der Waals surface area contributed by atoms with Gasteiger partial charge in [-0.3, -0.25) is 14.8 Å². The van der Waals surface area contributed by atoms with Crippen molar-refractivity contribution >= 4 is 16.8 Å². The third kappa shape index (κ3) is 3.42. The van der Waals surface area contributed by atoms with Crippen LogP contribution in [0.5, 0.6) is 0 Å². The predicted octanol–water partition coefficient (Wildman–Crippen LogP) is 2.49. The third-order valence-electron chi connectivity index (χ3n) is 3.19. The number of amides is 1. The number of nitrogens with one attached hydrogen (secondary N) is 1. The lowest BCUT2D eigenvalue weighted by atomic mass is 10.2. The van der Waals surface area contributed by atoms with Crippen molar-refractivity contribution < 1.29 is 4.79 Å². The average molecular weight is 277 g/mol. The minimum absolute atomic E-state index is 0.0524. The molecule has 1 N–H and O–H groups in total. The van der Waals surface area contributed by atoms with Crippen LogP contribution in [0.2, 0.25) is 0 Å². The molecular formula is C17H15N3O. The molecule has 0 aliphatic rings. The standard InChI is InChI=1S/C17H15N3O/c21-17(19-12-15-6-3-4-10-18-15)11-14-9-8-13-5-1-2-7-16(13)20-14/h1-10H,11-12H2,(H,19,21). The Hall–Kier alpha value is -2.75. The maximum Gasteiger partial charge on any atom is 0.226 e. The number of hydrogen-bond acceptors (Lipinski definition) is 3. The number of para-hydroxylation sites is 1. The first-order valence-electron chi connectivity index (χ1n) is 6.82. The van der Waals surface area contributed by atoms with E-state index < -0.39 is 0 Å². The van der Waals surface area contributed by atoms with Crippen LogP contribution in [-0.2, 0) is 17.8 Å². The molecule has 3 rings (SSSR count). The van der Waals surface area contributed by atoms with Crippen molar-refractivity contribution in [2.75, 3.05) is 0 Å². The van der Waals surface area contributed by atoms with Gasteiger partial charge in [0.15, 0.2) is 0 Å². The number of rotatable bonds is 4. The van der Waals surface area contributed by atoms with Crippen molar-refractivity contribution in [1.29, 1.82) is 0 Å². The number of fused-ring (bicyclic) bond motifs is 1. The number of nitrogens with zero attached hydrogens (tertiary/aromatic N) is 2. The summed E-state index contributed by atoms with van der Waals surface area (Å²) in [6.45, 7) is 0.438. The Morgan fingerprint density at radius 1 is 0.952 bits per heavy atom. The van der Waals surface area contributed by atoms with Gasteiger partial charge in [-0.25, -0.2) is 0 Å². The SMILES string of the molecule is O=C(Cc1ccc2ccccc2n1)NCc1ccccn1. The van der Waals surface area contributed by atoms with Gasteiger partial charge in [-0.15, -0.1) is 0 Å². The summed E-state index contributed by atoms with van der Waals surface area (Å²) in [4.78, 5) is 20.6. The molecule has 1 amide bonds. The van der Waals surface area contributed by atoms with Crippen LogP contribution in [0.25, 0.3) is 10.9 Å². The Kier molecular flexibility index (Phi) is 3.87. The first-order chi connectivity index (χ1) is 10.3. The summed E-state index contributed by atoms with van der Waals surface area (Å²) in [7, 11) is 0. The van der Waals surface area contributed by atoms with Gasteiger partial charge in [0.1, 0.15) is 0 Å². The highest BCUT2D eigenvalue weighted by Gasteiger charge is 2.05. The second-order valence-corrected chi connectivity index (χ2v) is 4.77. The molecular weight excluding hydrogens is 262 g/mol.